The van der Waals surface area contributed by atoms with E-state index in [0.717, 1.165) is 30.4 Å². The van der Waals surface area contributed by atoms with E-state index in [1.807, 2.05) is 27.0 Å². The number of hydrogen-bond donors (Lipinski definition) is 0. The Morgan fingerprint density at radius 1 is 1.06 bits per heavy atom. The first kappa shape index (κ1) is 19.7. The van der Waals surface area contributed by atoms with E-state index >= 15 is 0 Å². The number of likely N-dealkylation sites (tertiary alicyclic amines) is 1. The number of nitrogens with zero attached hydrogens (tertiary/aromatic N) is 6. The van der Waals surface area contributed by atoms with Crippen LogP contribution in [-0.4, -0.2) is 56.5 Å². The van der Waals surface area contributed by atoms with Crippen LogP contribution in [0.4, 0.5) is 10.3 Å². The van der Waals surface area contributed by atoms with E-state index in [4.69, 9.17) is 0 Å². The number of carbonyl (C=O) groups excluding carboxylic acids is 1. The van der Waals surface area contributed by atoms with Gasteiger partial charge in [0.25, 0.3) is 5.91 Å². The molecule has 160 valence electrons. The monoisotopic (exact) mass is 420 g/mol. The molecular formula is C23H25FN6O. The highest BCUT2D eigenvalue weighted by atomic mass is 19.1. The lowest BCUT2D eigenvalue weighted by molar-refractivity contribution is 0.0778. The Kier molecular flexibility index (Phi) is 4.72. The third kappa shape index (κ3) is 3.56. The average molecular weight is 420 g/mol. The van der Waals surface area contributed by atoms with Crippen molar-refractivity contribution in [3.8, 4) is 11.3 Å². The third-order valence-electron chi connectivity index (χ3n) is 6.24. The first-order valence-electron chi connectivity index (χ1n) is 10.5. The van der Waals surface area contributed by atoms with E-state index in [0.29, 0.717) is 36.2 Å². The number of halogens is 1. The van der Waals surface area contributed by atoms with Gasteiger partial charge >= 0.3 is 0 Å². The Morgan fingerprint density at radius 3 is 2.35 bits per heavy atom. The van der Waals surface area contributed by atoms with Gasteiger partial charge in [0.05, 0.1) is 17.6 Å². The molecule has 2 aliphatic heterocycles. The van der Waals surface area contributed by atoms with Crippen LogP contribution in [0.5, 0.6) is 0 Å². The molecule has 2 aliphatic rings. The van der Waals surface area contributed by atoms with Crippen LogP contribution in [0.1, 0.15) is 21.7 Å². The summed E-state index contributed by atoms with van der Waals surface area (Å²) in [6.45, 7) is 6.79. The minimum atomic E-state index is -0.504. The molecule has 0 saturated carbocycles. The van der Waals surface area contributed by atoms with Crippen molar-refractivity contribution in [1.29, 1.82) is 0 Å². The van der Waals surface area contributed by atoms with Crippen molar-refractivity contribution >= 4 is 11.9 Å². The van der Waals surface area contributed by atoms with Crippen molar-refractivity contribution in [2.45, 2.75) is 13.8 Å². The van der Waals surface area contributed by atoms with E-state index in [1.54, 1.807) is 34.1 Å². The molecule has 2 fully saturated rings. The zero-order valence-corrected chi connectivity index (χ0v) is 17.9. The maximum atomic E-state index is 14.8. The van der Waals surface area contributed by atoms with Gasteiger partial charge in [-0.15, -0.1) is 0 Å². The van der Waals surface area contributed by atoms with Gasteiger partial charge in [-0.2, -0.15) is 0 Å². The number of aryl methyl sites for hydroxylation is 3. The molecule has 2 atom stereocenters. The molecule has 0 radical (unpaired) electrons. The number of carbonyl (C=O) groups is 1. The molecule has 0 spiro atoms. The number of aromatic nitrogens is 4. The lowest BCUT2D eigenvalue weighted by Crippen LogP contribution is -2.34. The molecule has 4 heterocycles. The Hall–Kier alpha value is -3.29. The van der Waals surface area contributed by atoms with Crippen molar-refractivity contribution in [3.05, 3.63) is 59.6 Å². The Balaban J connectivity index is 1.35. The Labute approximate surface area is 180 Å². The first-order chi connectivity index (χ1) is 14.9. The number of anilines is 1. The summed E-state index contributed by atoms with van der Waals surface area (Å²) in [7, 11) is 1.85. The Morgan fingerprint density at radius 2 is 1.74 bits per heavy atom. The lowest BCUT2D eigenvalue weighted by atomic mass is 10.0. The standard InChI is InChI=1S/C23H25FN6O/c1-14-7-15(2)27-23(26-14)30-10-16-8-29(9-17(16)11-30)22(31)21-18(5-4-6-19(21)24)20-12-28(3)13-25-20/h4-7,12-13,16-17H,8-11H2,1-3H3. The molecule has 3 aromatic rings. The van der Waals surface area contributed by atoms with Gasteiger partial charge in [0.1, 0.15) is 5.82 Å². The summed E-state index contributed by atoms with van der Waals surface area (Å²) < 4.78 is 16.6. The van der Waals surface area contributed by atoms with Gasteiger partial charge in [-0.05, 0) is 26.0 Å². The van der Waals surface area contributed by atoms with Crippen LogP contribution in [-0.2, 0) is 7.05 Å². The number of benzene rings is 1. The van der Waals surface area contributed by atoms with E-state index in [9.17, 15) is 9.18 Å². The fourth-order valence-corrected chi connectivity index (χ4v) is 4.84. The predicted molar refractivity (Wildman–Crippen MR) is 115 cm³/mol. The maximum Gasteiger partial charge on any atom is 0.257 e. The highest BCUT2D eigenvalue weighted by Crippen LogP contribution is 2.35. The van der Waals surface area contributed by atoms with Crippen LogP contribution in [0.25, 0.3) is 11.3 Å². The van der Waals surface area contributed by atoms with Gasteiger partial charge in [-0.3, -0.25) is 4.79 Å². The van der Waals surface area contributed by atoms with Crippen molar-refractivity contribution in [1.82, 2.24) is 24.4 Å². The number of imidazole rings is 1. The van der Waals surface area contributed by atoms with Crippen LogP contribution in [0.15, 0.2) is 36.8 Å². The summed E-state index contributed by atoms with van der Waals surface area (Å²) in [5.74, 6) is 0.658. The molecular weight excluding hydrogens is 395 g/mol. The summed E-state index contributed by atoms with van der Waals surface area (Å²) in [6, 6.07) is 6.69. The Bertz CT molecular complexity index is 1120. The number of hydrogen-bond acceptors (Lipinski definition) is 5. The molecule has 0 bridgehead atoms. The van der Waals surface area contributed by atoms with E-state index < -0.39 is 5.82 Å². The van der Waals surface area contributed by atoms with Gasteiger partial charge in [-0.1, -0.05) is 12.1 Å². The summed E-state index contributed by atoms with van der Waals surface area (Å²) in [4.78, 5) is 30.8. The molecule has 2 aromatic heterocycles. The molecule has 5 rings (SSSR count). The molecule has 1 amide bonds. The second kappa shape index (κ2) is 7.44. The van der Waals surface area contributed by atoms with Crippen molar-refractivity contribution < 1.29 is 9.18 Å². The number of amides is 1. The normalized spacial score (nSPS) is 20.4. The van der Waals surface area contributed by atoms with Gasteiger partial charge in [0.15, 0.2) is 0 Å². The smallest absolute Gasteiger partial charge is 0.257 e. The van der Waals surface area contributed by atoms with Crippen LogP contribution in [0.3, 0.4) is 0 Å². The molecule has 31 heavy (non-hydrogen) atoms. The van der Waals surface area contributed by atoms with Crippen molar-refractivity contribution in [2.75, 3.05) is 31.1 Å². The minimum Gasteiger partial charge on any atom is -0.340 e. The predicted octanol–water partition coefficient (Wildman–Crippen LogP) is 2.84. The number of rotatable bonds is 3. The quantitative estimate of drug-likeness (QED) is 0.652. The summed E-state index contributed by atoms with van der Waals surface area (Å²) in [5, 5.41) is 0. The zero-order valence-electron chi connectivity index (χ0n) is 17.9. The summed E-state index contributed by atoms with van der Waals surface area (Å²) >= 11 is 0. The van der Waals surface area contributed by atoms with Crippen LogP contribution in [0, 0.1) is 31.5 Å². The summed E-state index contributed by atoms with van der Waals surface area (Å²) in [6.07, 6.45) is 3.45. The van der Waals surface area contributed by atoms with Gasteiger partial charge in [0.2, 0.25) is 5.95 Å². The lowest BCUT2D eigenvalue weighted by Gasteiger charge is -2.23. The molecule has 1 aromatic carbocycles. The topological polar surface area (TPSA) is 67.2 Å². The third-order valence-corrected chi connectivity index (χ3v) is 6.24. The second-order valence-electron chi connectivity index (χ2n) is 8.67. The SMILES string of the molecule is Cc1cc(C)nc(N2CC3CN(C(=O)c4c(F)cccc4-c4cn(C)cn4)CC3C2)n1. The van der Waals surface area contributed by atoms with Gasteiger partial charge in [-0.25, -0.2) is 19.3 Å². The maximum absolute atomic E-state index is 14.8. The molecule has 8 heteroatoms. The highest BCUT2D eigenvalue weighted by Gasteiger charge is 2.43. The largest absolute Gasteiger partial charge is 0.340 e. The average Bonchev–Trinajstić information content (AvgIpc) is 3.41. The first-order valence-corrected chi connectivity index (χ1v) is 10.5. The molecule has 0 N–H and O–H groups in total. The highest BCUT2D eigenvalue weighted by molar-refractivity contribution is 6.01. The fourth-order valence-electron chi connectivity index (χ4n) is 4.84. The molecule has 2 saturated heterocycles. The van der Waals surface area contributed by atoms with E-state index in [1.165, 1.54) is 6.07 Å². The molecule has 7 nitrogen and oxygen atoms in total. The van der Waals surface area contributed by atoms with Gasteiger partial charge < -0.3 is 14.4 Å². The van der Waals surface area contributed by atoms with Crippen molar-refractivity contribution in [3.63, 3.8) is 0 Å². The minimum absolute atomic E-state index is 0.107. The second-order valence-corrected chi connectivity index (χ2v) is 8.67. The summed E-state index contributed by atoms with van der Waals surface area (Å²) in [5.41, 5.74) is 3.16. The molecule has 2 unspecified atom stereocenters. The van der Waals surface area contributed by atoms with Crippen LogP contribution in [0.2, 0.25) is 0 Å². The van der Waals surface area contributed by atoms with Crippen LogP contribution >= 0.6 is 0 Å². The van der Waals surface area contributed by atoms with Gasteiger partial charge in [0, 0.05) is 68.2 Å². The number of fused-ring (bicyclic) bond motifs is 1. The fraction of sp³-hybridized carbons (Fsp3) is 0.391. The van der Waals surface area contributed by atoms with Crippen molar-refractivity contribution in [2.24, 2.45) is 18.9 Å². The van der Waals surface area contributed by atoms with E-state index in [-0.39, 0.29) is 11.5 Å². The van der Waals surface area contributed by atoms with E-state index in [2.05, 4.69) is 19.9 Å². The van der Waals surface area contributed by atoms with Crippen LogP contribution < -0.4 is 4.90 Å². The zero-order chi connectivity index (χ0) is 21.7. The molecule has 0 aliphatic carbocycles.